The predicted molar refractivity (Wildman–Crippen MR) is 68.1 cm³/mol. The molecule has 0 aliphatic heterocycles. The first-order valence-electron chi connectivity index (χ1n) is 6.07. The molecular weight excluding hydrogens is 212 g/mol. The normalized spacial score (nSPS) is 24.8. The zero-order valence-corrected chi connectivity index (χ0v) is 10.1. The Bertz CT molecular complexity index is 450. The standard InChI is InChI=1S/C15H18O2/c1-3-11(2)15(14(16)17)10-6-8-12-7-4-5-9-13(12)15/h3-5,7,9,11H,1,6,8,10H2,2H3,(H,16,17). The van der Waals surface area contributed by atoms with Gasteiger partial charge in [-0.15, -0.1) is 6.58 Å². The molecule has 0 spiro atoms. The van der Waals surface area contributed by atoms with Gasteiger partial charge in [0, 0.05) is 0 Å². The van der Waals surface area contributed by atoms with Gasteiger partial charge in [0.1, 0.15) is 0 Å². The molecule has 17 heavy (non-hydrogen) atoms. The highest BCUT2D eigenvalue weighted by molar-refractivity contribution is 5.83. The summed E-state index contributed by atoms with van der Waals surface area (Å²) in [6, 6.07) is 7.91. The second-order valence-corrected chi connectivity index (χ2v) is 4.81. The smallest absolute Gasteiger partial charge is 0.314 e. The molecule has 1 aliphatic rings. The second kappa shape index (κ2) is 4.36. The van der Waals surface area contributed by atoms with Gasteiger partial charge in [0.05, 0.1) is 5.41 Å². The Morgan fingerprint density at radius 1 is 1.53 bits per heavy atom. The van der Waals surface area contributed by atoms with Crippen molar-refractivity contribution in [2.24, 2.45) is 5.92 Å². The van der Waals surface area contributed by atoms with Crippen LogP contribution in [0.2, 0.25) is 0 Å². The number of benzene rings is 1. The monoisotopic (exact) mass is 230 g/mol. The van der Waals surface area contributed by atoms with Crippen LogP contribution in [-0.2, 0) is 16.6 Å². The zero-order chi connectivity index (χ0) is 12.5. The maximum atomic E-state index is 11.8. The van der Waals surface area contributed by atoms with E-state index in [4.69, 9.17) is 0 Å². The van der Waals surface area contributed by atoms with Gasteiger partial charge >= 0.3 is 5.97 Å². The average Bonchev–Trinajstić information content (AvgIpc) is 2.36. The summed E-state index contributed by atoms with van der Waals surface area (Å²) >= 11 is 0. The van der Waals surface area contributed by atoms with Crippen LogP contribution in [0.5, 0.6) is 0 Å². The van der Waals surface area contributed by atoms with E-state index in [1.807, 2.05) is 31.2 Å². The number of hydrogen-bond acceptors (Lipinski definition) is 1. The molecule has 0 radical (unpaired) electrons. The minimum absolute atomic E-state index is 0.0542. The van der Waals surface area contributed by atoms with Crippen molar-refractivity contribution >= 4 is 5.97 Å². The van der Waals surface area contributed by atoms with Crippen LogP contribution in [-0.4, -0.2) is 11.1 Å². The number of hydrogen-bond donors (Lipinski definition) is 1. The molecule has 0 heterocycles. The molecule has 1 aliphatic carbocycles. The molecule has 90 valence electrons. The quantitative estimate of drug-likeness (QED) is 0.810. The third-order valence-corrected chi connectivity index (χ3v) is 4.03. The minimum Gasteiger partial charge on any atom is -0.481 e. The van der Waals surface area contributed by atoms with Gasteiger partial charge < -0.3 is 5.11 Å². The van der Waals surface area contributed by atoms with E-state index >= 15 is 0 Å². The van der Waals surface area contributed by atoms with E-state index in [0.29, 0.717) is 6.42 Å². The van der Waals surface area contributed by atoms with Crippen LogP contribution in [0.25, 0.3) is 0 Å². The molecule has 0 amide bonds. The van der Waals surface area contributed by atoms with Gasteiger partial charge in [0.15, 0.2) is 0 Å². The van der Waals surface area contributed by atoms with Crippen molar-refractivity contribution in [1.29, 1.82) is 0 Å². The van der Waals surface area contributed by atoms with Crippen molar-refractivity contribution in [3.8, 4) is 0 Å². The Kier molecular flexibility index (Phi) is 3.05. The van der Waals surface area contributed by atoms with Gasteiger partial charge in [-0.1, -0.05) is 37.3 Å². The maximum Gasteiger partial charge on any atom is 0.314 e. The Morgan fingerprint density at radius 3 is 2.88 bits per heavy atom. The SMILES string of the molecule is C=CC(C)C1(C(=O)O)CCCc2ccccc21. The molecule has 2 nitrogen and oxygen atoms in total. The molecule has 1 aromatic carbocycles. The Labute approximate surface area is 102 Å². The third kappa shape index (κ3) is 1.68. The number of carboxylic acids is 1. The zero-order valence-electron chi connectivity index (χ0n) is 10.1. The summed E-state index contributed by atoms with van der Waals surface area (Å²) in [5.74, 6) is -0.779. The highest BCUT2D eigenvalue weighted by atomic mass is 16.4. The first-order chi connectivity index (χ1) is 8.13. The predicted octanol–water partition coefficient (Wildman–Crippen LogP) is 3.17. The number of carbonyl (C=O) groups is 1. The molecule has 0 bridgehead atoms. The summed E-state index contributed by atoms with van der Waals surface area (Å²) in [4.78, 5) is 11.8. The molecule has 2 unspecified atom stereocenters. The number of rotatable bonds is 3. The number of aryl methyl sites for hydroxylation is 1. The molecule has 2 heteroatoms. The fraction of sp³-hybridized carbons (Fsp3) is 0.400. The van der Waals surface area contributed by atoms with E-state index in [1.54, 1.807) is 6.08 Å². The Morgan fingerprint density at radius 2 is 2.24 bits per heavy atom. The lowest BCUT2D eigenvalue weighted by Crippen LogP contribution is -2.44. The molecule has 1 aromatic rings. The summed E-state index contributed by atoms with van der Waals surface area (Å²) in [7, 11) is 0. The van der Waals surface area contributed by atoms with Crippen molar-refractivity contribution in [1.82, 2.24) is 0 Å². The topological polar surface area (TPSA) is 37.3 Å². The first-order valence-corrected chi connectivity index (χ1v) is 6.07. The average molecular weight is 230 g/mol. The van der Waals surface area contributed by atoms with Crippen LogP contribution in [0.4, 0.5) is 0 Å². The Hall–Kier alpha value is -1.57. The summed E-state index contributed by atoms with van der Waals surface area (Å²) in [5, 5.41) is 9.69. The van der Waals surface area contributed by atoms with Crippen molar-refractivity contribution < 1.29 is 9.90 Å². The van der Waals surface area contributed by atoms with Gasteiger partial charge in [0.25, 0.3) is 0 Å². The van der Waals surface area contributed by atoms with Crippen LogP contribution in [0.15, 0.2) is 36.9 Å². The highest BCUT2D eigenvalue weighted by Crippen LogP contribution is 2.43. The summed E-state index contributed by atoms with van der Waals surface area (Å²) in [6.07, 6.45) is 4.37. The molecule has 0 saturated carbocycles. The summed E-state index contributed by atoms with van der Waals surface area (Å²) in [6.45, 7) is 5.72. The number of aliphatic carboxylic acids is 1. The fourth-order valence-electron chi connectivity index (χ4n) is 2.96. The van der Waals surface area contributed by atoms with E-state index in [2.05, 4.69) is 6.58 Å². The lowest BCUT2D eigenvalue weighted by atomic mass is 9.63. The van der Waals surface area contributed by atoms with E-state index in [9.17, 15) is 9.90 Å². The minimum atomic E-state index is -0.781. The highest BCUT2D eigenvalue weighted by Gasteiger charge is 2.46. The Balaban J connectivity index is 2.63. The second-order valence-electron chi connectivity index (χ2n) is 4.81. The number of fused-ring (bicyclic) bond motifs is 1. The largest absolute Gasteiger partial charge is 0.481 e. The fourth-order valence-corrected chi connectivity index (χ4v) is 2.96. The van der Waals surface area contributed by atoms with Gasteiger partial charge in [0.2, 0.25) is 0 Å². The van der Waals surface area contributed by atoms with Gasteiger partial charge in [-0.05, 0) is 36.3 Å². The van der Waals surface area contributed by atoms with E-state index < -0.39 is 11.4 Å². The van der Waals surface area contributed by atoms with Crippen molar-refractivity contribution in [3.63, 3.8) is 0 Å². The van der Waals surface area contributed by atoms with Gasteiger partial charge in [-0.2, -0.15) is 0 Å². The van der Waals surface area contributed by atoms with Crippen molar-refractivity contribution in [3.05, 3.63) is 48.0 Å². The lowest BCUT2D eigenvalue weighted by Gasteiger charge is -2.39. The molecule has 0 saturated heterocycles. The molecule has 2 rings (SSSR count). The molecular formula is C15H18O2. The third-order valence-electron chi connectivity index (χ3n) is 4.03. The number of allylic oxidation sites excluding steroid dienone is 1. The maximum absolute atomic E-state index is 11.8. The van der Waals surface area contributed by atoms with Crippen molar-refractivity contribution in [2.75, 3.05) is 0 Å². The van der Waals surface area contributed by atoms with E-state index in [1.165, 1.54) is 5.56 Å². The molecule has 2 atom stereocenters. The first kappa shape index (κ1) is 11.9. The summed E-state index contributed by atoms with van der Waals surface area (Å²) in [5.41, 5.74) is 1.37. The van der Waals surface area contributed by atoms with E-state index in [-0.39, 0.29) is 5.92 Å². The van der Waals surface area contributed by atoms with E-state index in [0.717, 1.165) is 18.4 Å². The van der Waals surface area contributed by atoms with Crippen LogP contribution < -0.4 is 0 Å². The van der Waals surface area contributed by atoms with Crippen LogP contribution in [0, 0.1) is 5.92 Å². The molecule has 0 aromatic heterocycles. The number of carboxylic acid groups (broad SMARTS) is 1. The lowest BCUT2D eigenvalue weighted by molar-refractivity contribution is -0.146. The van der Waals surface area contributed by atoms with Crippen LogP contribution >= 0.6 is 0 Å². The molecule has 0 fully saturated rings. The van der Waals surface area contributed by atoms with Crippen LogP contribution in [0.1, 0.15) is 30.9 Å². The van der Waals surface area contributed by atoms with Crippen molar-refractivity contribution in [2.45, 2.75) is 31.6 Å². The van der Waals surface area contributed by atoms with Gasteiger partial charge in [-0.3, -0.25) is 4.79 Å². The molecule has 1 N–H and O–H groups in total. The van der Waals surface area contributed by atoms with Crippen LogP contribution in [0.3, 0.4) is 0 Å². The summed E-state index contributed by atoms with van der Waals surface area (Å²) < 4.78 is 0. The van der Waals surface area contributed by atoms with Gasteiger partial charge in [-0.25, -0.2) is 0 Å².